The fourth-order valence-corrected chi connectivity index (χ4v) is 3.74. The van der Waals surface area contributed by atoms with Crippen molar-refractivity contribution in [2.45, 2.75) is 44.3 Å². The van der Waals surface area contributed by atoms with Gasteiger partial charge in [-0.1, -0.05) is 17.7 Å². The number of rotatable bonds is 2. The van der Waals surface area contributed by atoms with Crippen molar-refractivity contribution in [3.8, 4) is 0 Å². The predicted molar refractivity (Wildman–Crippen MR) is 81.5 cm³/mol. The molecule has 0 bridgehead atoms. The quantitative estimate of drug-likeness (QED) is 0.629. The number of hydrogen-bond acceptors (Lipinski definition) is 5. The van der Waals surface area contributed by atoms with Crippen LogP contribution in [-0.2, 0) is 9.47 Å². The average Bonchev–Trinajstić information content (AvgIpc) is 3.10. The molecule has 6 nitrogen and oxygen atoms in total. The maximum Gasteiger partial charge on any atom is 0.165 e. The standard InChI is InChI=1S/C15H17ClN4O2/c1-4-8-5-9(12-11(8)21-15(2,3)22-12)20-7-19-10-13(16)17-6-18-14(10)20/h4,6-9,11-12H,1,5H2,2-3H3/t8-,9+,11+,12-/m0/s1. The number of imidazole rings is 1. The Bertz CT molecular complexity index is 744. The van der Waals surface area contributed by atoms with Crippen LogP contribution in [0.5, 0.6) is 0 Å². The van der Waals surface area contributed by atoms with E-state index in [0.29, 0.717) is 10.7 Å². The lowest BCUT2D eigenvalue weighted by Crippen LogP contribution is -2.27. The molecule has 2 aromatic rings. The third kappa shape index (κ3) is 1.98. The Labute approximate surface area is 133 Å². The van der Waals surface area contributed by atoms with Crippen LogP contribution in [-0.4, -0.2) is 37.5 Å². The van der Waals surface area contributed by atoms with E-state index in [-0.39, 0.29) is 24.2 Å². The van der Waals surface area contributed by atoms with Crippen LogP contribution in [0.15, 0.2) is 25.3 Å². The molecule has 0 N–H and O–H groups in total. The highest BCUT2D eigenvalue weighted by molar-refractivity contribution is 6.33. The summed E-state index contributed by atoms with van der Waals surface area (Å²) in [5.74, 6) is -0.343. The van der Waals surface area contributed by atoms with Crippen molar-refractivity contribution in [3.63, 3.8) is 0 Å². The van der Waals surface area contributed by atoms with Crippen LogP contribution in [0.25, 0.3) is 11.2 Å². The van der Waals surface area contributed by atoms with Gasteiger partial charge in [-0.2, -0.15) is 0 Å². The minimum Gasteiger partial charge on any atom is -0.344 e. The van der Waals surface area contributed by atoms with E-state index < -0.39 is 5.79 Å². The molecule has 0 amide bonds. The van der Waals surface area contributed by atoms with Crippen LogP contribution in [0.1, 0.15) is 26.3 Å². The largest absolute Gasteiger partial charge is 0.344 e. The first-order chi connectivity index (χ1) is 10.5. The summed E-state index contributed by atoms with van der Waals surface area (Å²) in [6, 6.07) is 0.0886. The SMILES string of the molecule is C=C[C@H]1C[C@@H](n2cnc3c(Cl)ncnc32)[C@@H]2OC(C)(C)O[C@@H]21. The first kappa shape index (κ1) is 14.1. The Hall–Kier alpha value is -1.50. The number of aromatic nitrogens is 4. The summed E-state index contributed by atoms with van der Waals surface area (Å²) < 4.78 is 14.2. The van der Waals surface area contributed by atoms with Crippen molar-refractivity contribution in [2.75, 3.05) is 0 Å². The van der Waals surface area contributed by atoms with E-state index in [1.54, 1.807) is 6.33 Å². The van der Waals surface area contributed by atoms with Crippen LogP contribution in [0.4, 0.5) is 0 Å². The van der Waals surface area contributed by atoms with Crippen LogP contribution < -0.4 is 0 Å². The van der Waals surface area contributed by atoms with E-state index in [1.165, 1.54) is 6.33 Å². The fourth-order valence-electron chi connectivity index (χ4n) is 3.56. The van der Waals surface area contributed by atoms with E-state index in [1.807, 2.05) is 24.5 Å². The van der Waals surface area contributed by atoms with Crippen molar-refractivity contribution in [1.82, 2.24) is 19.5 Å². The molecule has 3 heterocycles. The van der Waals surface area contributed by atoms with Crippen molar-refractivity contribution >= 4 is 22.8 Å². The minimum atomic E-state index is -0.585. The average molecular weight is 321 g/mol. The van der Waals surface area contributed by atoms with Gasteiger partial charge in [-0.3, -0.25) is 0 Å². The van der Waals surface area contributed by atoms with E-state index in [9.17, 15) is 0 Å². The predicted octanol–water partition coefficient (Wildman–Crippen LogP) is 2.75. The van der Waals surface area contributed by atoms with Crippen LogP contribution in [0.3, 0.4) is 0 Å². The second-order valence-corrected chi connectivity index (χ2v) is 6.61. The molecule has 1 saturated heterocycles. The Morgan fingerprint density at radius 3 is 2.86 bits per heavy atom. The van der Waals surface area contributed by atoms with E-state index >= 15 is 0 Å². The first-order valence-electron chi connectivity index (χ1n) is 7.31. The molecular weight excluding hydrogens is 304 g/mol. The molecule has 0 aromatic carbocycles. The molecule has 1 saturated carbocycles. The summed E-state index contributed by atoms with van der Waals surface area (Å²) in [4.78, 5) is 12.7. The smallest absolute Gasteiger partial charge is 0.165 e. The Balaban J connectivity index is 1.78. The first-order valence-corrected chi connectivity index (χ1v) is 7.69. The van der Waals surface area contributed by atoms with Gasteiger partial charge in [0.25, 0.3) is 0 Å². The van der Waals surface area contributed by atoms with Crippen LogP contribution in [0.2, 0.25) is 5.15 Å². The fraction of sp³-hybridized carbons (Fsp3) is 0.533. The molecule has 2 aliphatic rings. The molecule has 0 spiro atoms. The zero-order valence-corrected chi connectivity index (χ0v) is 13.2. The summed E-state index contributed by atoms with van der Waals surface area (Å²) in [7, 11) is 0. The minimum absolute atomic E-state index is 0.00672. The van der Waals surface area contributed by atoms with Crippen molar-refractivity contribution in [2.24, 2.45) is 5.92 Å². The highest BCUT2D eigenvalue weighted by Gasteiger charge is 2.53. The second-order valence-electron chi connectivity index (χ2n) is 6.26. The highest BCUT2D eigenvalue weighted by Crippen LogP contribution is 2.47. The van der Waals surface area contributed by atoms with Crippen LogP contribution >= 0.6 is 11.6 Å². The molecule has 2 fully saturated rings. The third-order valence-corrected chi connectivity index (χ3v) is 4.73. The molecular formula is C15H17ClN4O2. The number of nitrogens with zero attached hydrogens (tertiary/aromatic N) is 4. The lowest BCUT2D eigenvalue weighted by Gasteiger charge is -2.23. The molecule has 0 unspecified atom stereocenters. The zero-order valence-electron chi connectivity index (χ0n) is 12.4. The van der Waals surface area contributed by atoms with Gasteiger partial charge in [-0.25, -0.2) is 15.0 Å². The molecule has 116 valence electrons. The zero-order chi connectivity index (χ0) is 15.5. The molecule has 1 aliphatic heterocycles. The summed E-state index contributed by atoms with van der Waals surface area (Å²) >= 11 is 6.09. The summed E-state index contributed by atoms with van der Waals surface area (Å²) in [5.41, 5.74) is 1.34. The normalized spacial score (nSPS) is 33.2. The topological polar surface area (TPSA) is 62.1 Å². The monoisotopic (exact) mass is 320 g/mol. The van der Waals surface area contributed by atoms with Crippen molar-refractivity contribution in [3.05, 3.63) is 30.5 Å². The van der Waals surface area contributed by atoms with Crippen molar-refractivity contribution < 1.29 is 9.47 Å². The number of ether oxygens (including phenoxy) is 2. The second kappa shape index (κ2) is 4.75. The van der Waals surface area contributed by atoms with E-state index in [0.717, 1.165) is 12.1 Å². The summed E-state index contributed by atoms with van der Waals surface area (Å²) in [6.45, 7) is 7.81. The van der Waals surface area contributed by atoms with Gasteiger partial charge in [-0.15, -0.1) is 6.58 Å². The van der Waals surface area contributed by atoms with E-state index in [2.05, 4.69) is 21.5 Å². The summed E-state index contributed by atoms with van der Waals surface area (Å²) in [5, 5.41) is 0.363. The van der Waals surface area contributed by atoms with Gasteiger partial charge in [0.1, 0.15) is 17.9 Å². The number of fused-ring (bicyclic) bond motifs is 2. The maximum absolute atomic E-state index is 6.13. The van der Waals surface area contributed by atoms with Crippen LogP contribution in [0, 0.1) is 5.92 Å². The highest BCUT2D eigenvalue weighted by atomic mass is 35.5. The Morgan fingerprint density at radius 2 is 2.09 bits per heavy atom. The lowest BCUT2D eigenvalue weighted by molar-refractivity contribution is -0.158. The van der Waals surface area contributed by atoms with Gasteiger partial charge in [0.2, 0.25) is 0 Å². The molecule has 0 radical (unpaired) electrons. The van der Waals surface area contributed by atoms with Gasteiger partial charge >= 0.3 is 0 Å². The van der Waals surface area contributed by atoms with Gasteiger partial charge in [0.15, 0.2) is 16.6 Å². The van der Waals surface area contributed by atoms with Crippen molar-refractivity contribution in [1.29, 1.82) is 0 Å². The number of hydrogen-bond donors (Lipinski definition) is 0. The lowest BCUT2D eigenvalue weighted by atomic mass is 10.1. The summed E-state index contributed by atoms with van der Waals surface area (Å²) in [6.07, 6.45) is 5.99. The molecule has 4 rings (SSSR count). The molecule has 22 heavy (non-hydrogen) atoms. The maximum atomic E-state index is 6.13. The molecule has 7 heteroatoms. The van der Waals surface area contributed by atoms with E-state index in [4.69, 9.17) is 21.1 Å². The molecule has 2 aromatic heterocycles. The van der Waals surface area contributed by atoms with Gasteiger partial charge < -0.3 is 14.0 Å². The molecule has 1 aliphatic carbocycles. The Kier molecular flexibility index (Phi) is 3.04. The third-order valence-electron chi connectivity index (χ3n) is 4.45. The number of halogens is 1. The van der Waals surface area contributed by atoms with Gasteiger partial charge in [0, 0.05) is 5.92 Å². The Morgan fingerprint density at radius 1 is 1.32 bits per heavy atom. The van der Waals surface area contributed by atoms with Gasteiger partial charge in [0.05, 0.1) is 18.5 Å². The van der Waals surface area contributed by atoms with Gasteiger partial charge in [-0.05, 0) is 20.3 Å². The molecule has 4 atom stereocenters.